The number of hydrogen-bond donors (Lipinski definition) is 2. The SMILES string of the molecule is CC(C)C(C)CC(C(=O)O)C(=O)O.[Ca+2].[H-].[H-]. The van der Waals surface area contributed by atoms with Crippen LogP contribution in [0.1, 0.15) is 30.0 Å². The molecular weight excluding hydrogens is 212 g/mol. The van der Waals surface area contributed by atoms with Crippen LogP contribution in [0.15, 0.2) is 0 Å². The molecule has 0 bridgehead atoms. The molecule has 0 aliphatic heterocycles. The first kappa shape index (κ1) is 16.6. The van der Waals surface area contributed by atoms with Gasteiger partial charge < -0.3 is 13.1 Å². The van der Waals surface area contributed by atoms with Gasteiger partial charge in [-0.3, -0.25) is 9.59 Å². The molecule has 0 aromatic rings. The number of rotatable bonds is 5. The minimum absolute atomic E-state index is 0. The second-order valence-corrected chi connectivity index (χ2v) is 3.69. The van der Waals surface area contributed by atoms with Gasteiger partial charge in [-0.15, -0.1) is 0 Å². The first-order valence-electron chi connectivity index (χ1n) is 4.31. The van der Waals surface area contributed by atoms with Gasteiger partial charge in [0.2, 0.25) is 0 Å². The van der Waals surface area contributed by atoms with E-state index in [4.69, 9.17) is 10.2 Å². The Morgan fingerprint density at radius 2 is 1.50 bits per heavy atom. The molecule has 2 N–H and O–H groups in total. The second kappa shape index (κ2) is 7.49. The quantitative estimate of drug-likeness (QED) is 0.551. The minimum atomic E-state index is -1.27. The van der Waals surface area contributed by atoms with E-state index in [9.17, 15) is 9.59 Å². The van der Waals surface area contributed by atoms with Crippen LogP contribution < -0.4 is 0 Å². The Labute approximate surface area is 117 Å². The molecule has 1 atom stereocenters. The van der Waals surface area contributed by atoms with E-state index in [0.29, 0.717) is 5.92 Å². The third-order valence-electron chi connectivity index (χ3n) is 2.34. The smallest absolute Gasteiger partial charge is 1.00 e. The Morgan fingerprint density at radius 1 is 1.14 bits per heavy atom. The molecule has 0 spiro atoms. The maximum Gasteiger partial charge on any atom is 2.00 e. The molecular formula is C9H18CaO4. The van der Waals surface area contributed by atoms with Crippen LogP contribution in [-0.2, 0) is 9.59 Å². The van der Waals surface area contributed by atoms with Crippen molar-refractivity contribution in [2.24, 2.45) is 17.8 Å². The van der Waals surface area contributed by atoms with Crippen molar-refractivity contribution in [3.05, 3.63) is 0 Å². The molecule has 0 rings (SSSR count). The van der Waals surface area contributed by atoms with E-state index in [1.807, 2.05) is 20.8 Å². The largest absolute Gasteiger partial charge is 2.00 e. The third kappa shape index (κ3) is 5.83. The summed E-state index contributed by atoms with van der Waals surface area (Å²) in [6.07, 6.45) is 0.197. The van der Waals surface area contributed by atoms with Crippen molar-refractivity contribution in [2.45, 2.75) is 27.2 Å². The number of carbonyl (C=O) groups is 2. The van der Waals surface area contributed by atoms with Crippen molar-refractivity contribution in [3.63, 3.8) is 0 Å². The Hall–Kier alpha value is 0.200. The van der Waals surface area contributed by atoms with Crippen molar-refractivity contribution >= 4 is 49.7 Å². The third-order valence-corrected chi connectivity index (χ3v) is 2.34. The van der Waals surface area contributed by atoms with Crippen LogP contribution in [0.5, 0.6) is 0 Å². The van der Waals surface area contributed by atoms with E-state index in [1.165, 1.54) is 0 Å². The maximum atomic E-state index is 10.5. The van der Waals surface area contributed by atoms with Gasteiger partial charge in [0.1, 0.15) is 0 Å². The molecule has 0 saturated carbocycles. The predicted octanol–water partition coefficient (Wildman–Crippen LogP) is 1.30. The van der Waals surface area contributed by atoms with Gasteiger partial charge in [0, 0.05) is 0 Å². The predicted molar refractivity (Wildman–Crippen MR) is 55.4 cm³/mol. The number of carboxylic acids is 2. The van der Waals surface area contributed by atoms with Crippen LogP contribution >= 0.6 is 0 Å². The number of carboxylic acid groups (broad SMARTS) is 2. The van der Waals surface area contributed by atoms with Crippen molar-refractivity contribution in [1.82, 2.24) is 0 Å². The van der Waals surface area contributed by atoms with Gasteiger partial charge in [-0.25, -0.2) is 0 Å². The van der Waals surface area contributed by atoms with E-state index >= 15 is 0 Å². The standard InChI is InChI=1S/C9H16O4.Ca.2H/c1-5(2)6(3)4-7(8(10)11)9(12)13;;;/h5-7H,4H2,1-3H3,(H,10,11)(H,12,13);;;/q;+2;2*-1. The van der Waals surface area contributed by atoms with Crippen molar-refractivity contribution in [3.8, 4) is 0 Å². The van der Waals surface area contributed by atoms with Gasteiger partial charge in [0.25, 0.3) is 0 Å². The second-order valence-electron chi connectivity index (χ2n) is 3.69. The summed E-state index contributed by atoms with van der Waals surface area (Å²) < 4.78 is 0. The van der Waals surface area contributed by atoms with Crippen molar-refractivity contribution in [2.75, 3.05) is 0 Å². The molecule has 0 amide bonds. The zero-order valence-electron chi connectivity index (χ0n) is 10.9. The van der Waals surface area contributed by atoms with Gasteiger partial charge in [-0.1, -0.05) is 20.8 Å². The molecule has 80 valence electrons. The molecule has 0 aromatic heterocycles. The van der Waals surface area contributed by atoms with E-state index in [2.05, 4.69) is 0 Å². The molecule has 0 radical (unpaired) electrons. The first-order valence-corrected chi connectivity index (χ1v) is 4.31. The average molecular weight is 230 g/mol. The Balaban J connectivity index is -0.000000240. The molecule has 0 aliphatic carbocycles. The zero-order valence-corrected chi connectivity index (χ0v) is 11.1. The molecule has 0 aliphatic rings. The summed E-state index contributed by atoms with van der Waals surface area (Å²) in [6.45, 7) is 5.76. The van der Waals surface area contributed by atoms with Crippen LogP contribution in [0.4, 0.5) is 0 Å². The number of aliphatic carboxylic acids is 2. The van der Waals surface area contributed by atoms with E-state index < -0.39 is 17.9 Å². The monoisotopic (exact) mass is 230 g/mol. The summed E-state index contributed by atoms with van der Waals surface area (Å²) in [7, 11) is 0. The topological polar surface area (TPSA) is 74.6 Å². The summed E-state index contributed by atoms with van der Waals surface area (Å²) >= 11 is 0. The summed E-state index contributed by atoms with van der Waals surface area (Å²) in [5, 5.41) is 17.2. The minimum Gasteiger partial charge on any atom is -1.00 e. The summed E-state index contributed by atoms with van der Waals surface area (Å²) in [6, 6.07) is 0. The van der Waals surface area contributed by atoms with E-state index in [0.717, 1.165) is 0 Å². The van der Waals surface area contributed by atoms with E-state index in [-0.39, 0.29) is 52.9 Å². The molecule has 4 nitrogen and oxygen atoms in total. The van der Waals surface area contributed by atoms with Crippen LogP contribution in [0.3, 0.4) is 0 Å². The Bertz CT molecular complexity index is 198. The fourth-order valence-corrected chi connectivity index (χ4v) is 0.951. The molecule has 0 aromatic carbocycles. The normalized spacial score (nSPS) is 12.4. The van der Waals surface area contributed by atoms with Gasteiger partial charge >= 0.3 is 49.7 Å². The molecule has 0 fully saturated rings. The first-order chi connectivity index (χ1) is 5.86. The molecule has 0 heterocycles. The maximum absolute atomic E-state index is 10.5. The van der Waals surface area contributed by atoms with E-state index in [1.54, 1.807) is 0 Å². The molecule has 1 unspecified atom stereocenters. The van der Waals surface area contributed by atoms with Crippen molar-refractivity contribution < 1.29 is 22.7 Å². The fraction of sp³-hybridized carbons (Fsp3) is 0.778. The molecule has 5 heteroatoms. The van der Waals surface area contributed by atoms with Crippen LogP contribution in [0.25, 0.3) is 0 Å². The van der Waals surface area contributed by atoms with Crippen LogP contribution in [0.2, 0.25) is 0 Å². The van der Waals surface area contributed by atoms with Crippen LogP contribution in [0, 0.1) is 17.8 Å². The average Bonchev–Trinajstić information content (AvgIpc) is 1.97. The van der Waals surface area contributed by atoms with Gasteiger partial charge in [0.05, 0.1) is 0 Å². The zero-order chi connectivity index (χ0) is 10.6. The molecule has 0 saturated heterocycles. The molecule has 14 heavy (non-hydrogen) atoms. The van der Waals surface area contributed by atoms with Gasteiger partial charge in [-0.05, 0) is 18.3 Å². The van der Waals surface area contributed by atoms with Crippen molar-refractivity contribution in [1.29, 1.82) is 0 Å². The Kier molecular flexibility index (Phi) is 8.89. The Morgan fingerprint density at radius 3 is 1.71 bits per heavy atom. The fourth-order valence-electron chi connectivity index (χ4n) is 0.951. The summed E-state index contributed by atoms with van der Waals surface area (Å²) in [5.74, 6) is -3.35. The van der Waals surface area contributed by atoms with Gasteiger partial charge in [-0.2, -0.15) is 0 Å². The van der Waals surface area contributed by atoms with Crippen LogP contribution in [-0.4, -0.2) is 59.9 Å². The number of hydrogen-bond acceptors (Lipinski definition) is 2. The van der Waals surface area contributed by atoms with Gasteiger partial charge in [0.15, 0.2) is 5.92 Å². The summed E-state index contributed by atoms with van der Waals surface area (Å²) in [4.78, 5) is 21.0. The summed E-state index contributed by atoms with van der Waals surface area (Å²) in [5.41, 5.74) is 0.